The first-order valence-corrected chi connectivity index (χ1v) is 5.67. The zero-order chi connectivity index (χ0) is 8.16. The van der Waals surface area contributed by atoms with Crippen molar-refractivity contribution < 1.29 is 5.11 Å². The van der Waals surface area contributed by atoms with Gasteiger partial charge in [-0.1, -0.05) is 35.2 Å². The summed E-state index contributed by atoms with van der Waals surface area (Å²) in [7, 11) is 0. The molecule has 0 spiro atoms. The predicted molar refractivity (Wildman–Crippen MR) is 51.1 cm³/mol. The maximum atomic E-state index is 9.98. The van der Waals surface area contributed by atoms with E-state index in [-0.39, 0.29) is 5.60 Å². The predicted octanol–water partition coefficient (Wildman–Crippen LogP) is 2.86. The van der Waals surface area contributed by atoms with Crippen molar-refractivity contribution in [1.29, 1.82) is 0 Å². The highest BCUT2D eigenvalue weighted by Crippen LogP contribution is 2.31. The van der Waals surface area contributed by atoms with E-state index in [1.54, 1.807) is 0 Å². The minimum Gasteiger partial charge on any atom is -0.390 e. The molecule has 1 saturated carbocycles. The first kappa shape index (κ1) is 9.53. The van der Waals surface area contributed by atoms with Gasteiger partial charge in [0, 0.05) is 5.33 Å². The lowest BCUT2D eigenvalue weighted by molar-refractivity contribution is -0.00396. The molecular weight excluding hydrogens is 204 g/mol. The van der Waals surface area contributed by atoms with E-state index in [0.717, 1.165) is 31.0 Å². The summed E-state index contributed by atoms with van der Waals surface area (Å²) >= 11 is 3.39. The van der Waals surface area contributed by atoms with Gasteiger partial charge in [-0.2, -0.15) is 0 Å². The van der Waals surface area contributed by atoms with E-state index in [1.807, 2.05) is 0 Å². The highest BCUT2D eigenvalue weighted by atomic mass is 79.9. The maximum absolute atomic E-state index is 9.98. The van der Waals surface area contributed by atoms with Crippen LogP contribution in [0.1, 0.15) is 44.9 Å². The second kappa shape index (κ2) is 4.46. The molecule has 66 valence electrons. The van der Waals surface area contributed by atoms with Crippen LogP contribution in [0.5, 0.6) is 0 Å². The summed E-state index contributed by atoms with van der Waals surface area (Å²) < 4.78 is 0. The third kappa shape index (κ3) is 3.12. The summed E-state index contributed by atoms with van der Waals surface area (Å²) in [5.41, 5.74) is -0.300. The van der Waals surface area contributed by atoms with Crippen LogP contribution in [-0.2, 0) is 0 Å². The van der Waals surface area contributed by atoms with Crippen LogP contribution in [0.3, 0.4) is 0 Å². The van der Waals surface area contributed by atoms with Crippen LogP contribution < -0.4 is 0 Å². The first-order chi connectivity index (χ1) is 5.27. The Labute approximate surface area is 77.3 Å². The summed E-state index contributed by atoms with van der Waals surface area (Å²) in [4.78, 5) is 0. The zero-order valence-electron chi connectivity index (χ0n) is 6.98. The maximum Gasteiger partial charge on any atom is 0.0648 e. The highest BCUT2D eigenvalue weighted by molar-refractivity contribution is 9.09. The van der Waals surface area contributed by atoms with E-state index in [1.165, 1.54) is 19.3 Å². The molecule has 1 fully saturated rings. The van der Waals surface area contributed by atoms with Crippen molar-refractivity contribution in [2.24, 2.45) is 0 Å². The molecule has 0 heterocycles. The molecule has 0 aromatic heterocycles. The molecule has 0 aromatic rings. The van der Waals surface area contributed by atoms with Crippen molar-refractivity contribution >= 4 is 15.9 Å². The third-order valence-electron chi connectivity index (χ3n) is 2.56. The molecule has 0 unspecified atom stereocenters. The number of halogens is 1. The van der Waals surface area contributed by atoms with Crippen molar-refractivity contribution in [3.8, 4) is 0 Å². The number of alkyl halides is 1. The van der Waals surface area contributed by atoms with Gasteiger partial charge >= 0.3 is 0 Å². The van der Waals surface area contributed by atoms with Crippen molar-refractivity contribution in [3.63, 3.8) is 0 Å². The molecule has 11 heavy (non-hydrogen) atoms. The summed E-state index contributed by atoms with van der Waals surface area (Å²) in [6.45, 7) is 0. The average Bonchev–Trinajstić information content (AvgIpc) is 2.03. The van der Waals surface area contributed by atoms with Crippen LogP contribution in [-0.4, -0.2) is 16.0 Å². The lowest BCUT2D eigenvalue weighted by Gasteiger charge is -2.31. The Balaban J connectivity index is 2.25. The fourth-order valence-electron chi connectivity index (χ4n) is 1.86. The average molecular weight is 221 g/mol. The van der Waals surface area contributed by atoms with Gasteiger partial charge in [-0.25, -0.2) is 0 Å². The second-order valence-corrected chi connectivity index (χ2v) is 4.37. The Hall–Kier alpha value is 0.440. The van der Waals surface area contributed by atoms with Crippen molar-refractivity contribution in [1.82, 2.24) is 0 Å². The minimum atomic E-state index is -0.300. The summed E-state index contributed by atoms with van der Waals surface area (Å²) in [6.07, 6.45) is 7.91. The molecule has 0 atom stereocenters. The minimum absolute atomic E-state index is 0.300. The van der Waals surface area contributed by atoms with Gasteiger partial charge < -0.3 is 5.11 Å². The second-order valence-electron chi connectivity index (χ2n) is 3.58. The molecule has 0 radical (unpaired) electrons. The van der Waals surface area contributed by atoms with Gasteiger partial charge in [0.05, 0.1) is 5.60 Å². The normalized spacial score (nSPS) is 23.5. The lowest BCUT2D eigenvalue weighted by Crippen LogP contribution is -2.31. The molecule has 0 amide bonds. The van der Waals surface area contributed by atoms with Crippen LogP contribution in [0.4, 0.5) is 0 Å². The topological polar surface area (TPSA) is 20.2 Å². The Kier molecular flexibility index (Phi) is 3.86. The summed E-state index contributed by atoms with van der Waals surface area (Å²) in [5, 5.41) is 11.0. The molecule has 0 aliphatic heterocycles. The molecule has 0 bridgehead atoms. The molecule has 1 N–H and O–H groups in total. The molecule has 2 heteroatoms. The van der Waals surface area contributed by atoms with Crippen molar-refractivity contribution in [2.75, 3.05) is 5.33 Å². The van der Waals surface area contributed by atoms with E-state index in [0.29, 0.717) is 0 Å². The number of rotatable bonds is 3. The fraction of sp³-hybridized carbons (Fsp3) is 1.00. The molecule has 1 rings (SSSR count). The Morgan fingerprint density at radius 3 is 2.36 bits per heavy atom. The Morgan fingerprint density at radius 1 is 1.18 bits per heavy atom. The van der Waals surface area contributed by atoms with Gasteiger partial charge in [-0.05, 0) is 25.7 Å². The molecule has 1 aliphatic carbocycles. The molecule has 1 nitrogen and oxygen atoms in total. The van der Waals surface area contributed by atoms with Gasteiger partial charge in [0.25, 0.3) is 0 Å². The van der Waals surface area contributed by atoms with Crippen LogP contribution in [0.25, 0.3) is 0 Å². The lowest BCUT2D eigenvalue weighted by atomic mass is 9.82. The van der Waals surface area contributed by atoms with E-state index < -0.39 is 0 Å². The fourth-order valence-corrected chi connectivity index (χ4v) is 2.14. The first-order valence-electron chi connectivity index (χ1n) is 4.55. The number of hydrogen-bond acceptors (Lipinski definition) is 1. The summed E-state index contributed by atoms with van der Waals surface area (Å²) in [5.74, 6) is 0. The quantitative estimate of drug-likeness (QED) is 0.726. The number of aliphatic hydroxyl groups is 1. The highest BCUT2D eigenvalue weighted by Gasteiger charge is 2.27. The van der Waals surface area contributed by atoms with Gasteiger partial charge in [0.1, 0.15) is 0 Å². The standard InChI is InChI=1S/C9H17BrO/c10-8-4-7-9(11)5-2-1-3-6-9/h11H,1-8H2. The van der Waals surface area contributed by atoms with Gasteiger partial charge in [0.15, 0.2) is 0 Å². The monoisotopic (exact) mass is 220 g/mol. The zero-order valence-corrected chi connectivity index (χ0v) is 8.57. The van der Waals surface area contributed by atoms with Crippen LogP contribution in [0, 0.1) is 0 Å². The Bertz CT molecular complexity index is 108. The van der Waals surface area contributed by atoms with Gasteiger partial charge in [0.2, 0.25) is 0 Å². The molecule has 1 aliphatic rings. The van der Waals surface area contributed by atoms with Crippen LogP contribution >= 0.6 is 15.9 Å². The van der Waals surface area contributed by atoms with Gasteiger partial charge in [-0.3, -0.25) is 0 Å². The number of hydrogen-bond donors (Lipinski definition) is 1. The van der Waals surface area contributed by atoms with Crippen molar-refractivity contribution in [2.45, 2.75) is 50.5 Å². The van der Waals surface area contributed by atoms with Crippen LogP contribution in [0.15, 0.2) is 0 Å². The van der Waals surface area contributed by atoms with E-state index in [9.17, 15) is 5.11 Å². The largest absolute Gasteiger partial charge is 0.390 e. The molecule has 0 aromatic carbocycles. The Morgan fingerprint density at radius 2 is 1.82 bits per heavy atom. The van der Waals surface area contributed by atoms with Crippen LogP contribution in [0.2, 0.25) is 0 Å². The molecule has 0 saturated heterocycles. The van der Waals surface area contributed by atoms with E-state index >= 15 is 0 Å². The third-order valence-corrected chi connectivity index (χ3v) is 3.12. The molecular formula is C9H17BrO. The smallest absolute Gasteiger partial charge is 0.0648 e. The van der Waals surface area contributed by atoms with E-state index in [2.05, 4.69) is 15.9 Å². The van der Waals surface area contributed by atoms with Crippen molar-refractivity contribution in [3.05, 3.63) is 0 Å². The van der Waals surface area contributed by atoms with Gasteiger partial charge in [-0.15, -0.1) is 0 Å². The SMILES string of the molecule is OC1(CCCBr)CCCCC1. The summed E-state index contributed by atoms with van der Waals surface area (Å²) in [6, 6.07) is 0. The van der Waals surface area contributed by atoms with E-state index in [4.69, 9.17) is 0 Å².